The maximum Gasteiger partial charge on any atom is 0.305 e. The van der Waals surface area contributed by atoms with E-state index in [1.165, 1.54) is 0 Å². The van der Waals surface area contributed by atoms with Gasteiger partial charge in [0, 0.05) is 19.1 Å². The van der Waals surface area contributed by atoms with Crippen LogP contribution in [0.3, 0.4) is 0 Å². The maximum atomic E-state index is 12.9. The van der Waals surface area contributed by atoms with Crippen LogP contribution in [0.5, 0.6) is 0 Å². The van der Waals surface area contributed by atoms with E-state index in [2.05, 4.69) is 0 Å². The van der Waals surface area contributed by atoms with Crippen molar-refractivity contribution in [2.75, 3.05) is 13.1 Å². The summed E-state index contributed by atoms with van der Waals surface area (Å²) in [7, 11) is 0. The third-order valence-electron chi connectivity index (χ3n) is 4.36. The Balaban J connectivity index is 2.86. The molecule has 1 rings (SSSR count). The fourth-order valence-electron chi connectivity index (χ4n) is 3.03. The summed E-state index contributed by atoms with van der Waals surface area (Å²) in [5.74, 6) is -0.815. The number of carbonyl (C=O) groups excluding carboxylic acids is 1. The number of carbonyl (C=O) groups is 2. The topological polar surface area (TPSA) is 83.6 Å². The van der Waals surface area contributed by atoms with Crippen molar-refractivity contribution in [1.82, 2.24) is 4.90 Å². The lowest BCUT2D eigenvalue weighted by molar-refractivity contribution is -0.146. The smallest absolute Gasteiger partial charge is 0.305 e. The Morgan fingerprint density at radius 1 is 1.20 bits per heavy atom. The Morgan fingerprint density at radius 2 is 1.75 bits per heavy atom. The summed E-state index contributed by atoms with van der Waals surface area (Å²) in [6, 6.07) is 0.00790. The first kappa shape index (κ1) is 17.0. The molecule has 0 spiro atoms. The van der Waals surface area contributed by atoms with Gasteiger partial charge in [0.1, 0.15) is 0 Å². The van der Waals surface area contributed by atoms with Gasteiger partial charge in [-0.3, -0.25) is 9.59 Å². The highest BCUT2D eigenvalue weighted by atomic mass is 16.4. The average Bonchev–Trinajstić information content (AvgIpc) is 2.64. The van der Waals surface area contributed by atoms with Crippen molar-refractivity contribution in [3.63, 3.8) is 0 Å². The van der Waals surface area contributed by atoms with Gasteiger partial charge < -0.3 is 15.7 Å². The molecule has 0 atom stereocenters. The van der Waals surface area contributed by atoms with E-state index in [0.717, 1.165) is 38.5 Å². The predicted molar refractivity (Wildman–Crippen MR) is 78.3 cm³/mol. The van der Waals surface area contributed by atoms with Crippen LogP contribution in [-0.2, 0) is 9.59 Å². The van der Waals surface area contributed by atoms with Crippen molar-refractivity contribution >= 4 is 11.9 Å². The van der Waals surface area contributed by atoms with Crippen molar-refractivity contribution in [1.29, 1.82) is 0 Å². The summed E-state index contributed by atoms with van der Waals surface area (Å²) < 4.78 is 0. The first-order valence-corrected chi connectivity index (χ1v) is 7.66. The van der Waals surface area contributed by atoms with Crippen molar-refractivity contribution < 1.29 is 14.7 Å². The van der Waals surface area contributed by atoms with E-state index < -0.39 is 11.4 Å². The third kappa shape index (κ3) is 4.20. The molecule has 3 N–H and O–H groups in total. The lowest BCUT2D eigenvalue weighted by Crippen LogP contribution is -2.51. The van der Waals surface area contributed by atoms with E-state index in [0.29, 0.717) is 6.54 Å². The number of nitrogens with zero attached hydrogens (tertiary/aromatic N) is 1. The number of rotatable bonds is 6. The summed E-state index contributed by atoms with van der Waals surface area (Å²) in [5, 5.41) is 8.84. The Labute approximate surface area is 121 Å². The Hall–Kier alpha value is -1.10. The molecule has 1 amide bonds. The molecule has 0 bridgehead atoms. The van der Waals surface area contributed by atoms with Gasteiger partial charge in [0.2, 0.25) is 5.91 Å². The molecular formula is C15H28N2O3. The largest absolute Gasteiger partial charge is 0.481 e. The fourth-order valence-corrected chi connectivity index (χ4v) is 3.03. The average molecular weight is 284 g/mol. The molecule has 20 heavy (non-hydrogen) atoms. The molecule has 5 nitrogen and oxygen atoms in total. The molecule has 1 fully saturated rings. The minimum atomic E-state index is -0.869. The number of hydrogen-bond acceptors (Lipinski definition) is 3. The van der Waals surface area contributed by atoms with Crippen molar-refractivity contribution in [2.24, 2.45) is 11.1 Å². The molecule has 1 aliphatic carbocycles. The Kier molecular flexibility index (Phi) is 6.46. The van der Waals surface area contributed by atoms with Crippen LogP contribution < -0.4 is 5.73 Å². The lowest BCUT2D eigenvalue weighted by atomic mass is 9.78. The van der Waals surface area contributed by atoms with Gasteiger partial charge >= 0.3 is 5.97 Å². The molecule has 0 saturated heterocycles. The molecule has 0 aromatic carbocycles. The van der Waals surface area contributed by atoms with Crippen molar-refractivity contribution in [2.45, 2.75) is 64.8 Å². The summed E-state index contributed by atoms with van der Waals surface area (Å²) in [5.41, 5.74) is 5.47. The molecule has 1 saturated carbocycles. The van der Waals surface area contributed by atoms with Gasteiger partial charge in [0.15, 0.2) is 0 Å². The third-order valence-corrected chi connectivity index (χ3v) is 4.36. The Morgan fingerprint density at radius 3 is 2.15 bits per heavy atom. The number of carboxylic acid groups (broad SMARTS) is 1. The summed E-state index contributed by atoms with van der Waals surface area (Å²) in [6.45, 7) is 4.50. The van der Waals surface area contributed by atoms with Crippen LogP contribution in [0, 0.1) is 5.41 Å². The summed E-state index contributed by atoms with van der Waals surface area (Å²) in [6.07, 6.45) is 6.04. The van der Waals surface area contributed by atoms with Crippen LogP contribution in [0.4, 0.5) is 0 Å². The van der Waals surface area contributed by atoms with E-state index in [1.807, 2.05) is 13.8 Å². The molecular weight excluding hydrogens is 256 g/mol. The van der Waals surface area contributed by atoms with E-state index in [9.17, 15) is 9.59 Å². The van der Waals surface area contributed by atoms with Crippen LogP contribution in [-0.4, -0.2) is 41.0 Å². The highest BCUT2D eigenvalue weighted by Crippen LogP contribution is 2.36. The first-order chi connectivity index (χ1) is 9.43. The minimum Gasteiger partial charge on any atom is -0.481 e. The molecule has 0 heterocycles. The van der Waals surface area contributed by atoms with Crippen LogP contribution in [0.2, 0.25) is 0 Å². The second-order valence-corrected chi connectivity index (χ2v) is 6.13. The second kappa shape index (κ2) is 7.62. The van der Waals surface area contributed by atoms with Crippen LogP contribution in [0.15, 0.2) is 0 Å². The van der Waals surface area contributed by atoms with E-state index in [1.54, 1.807) is 4.90 Å². The van der Waals surface area contributed by atoms with E-state index >= 15 is 0 Å². The second-order valence-electron chi connectivity index (χ2n) is 6.13. The molecule has 0 unspecified atom stereocenters. The van der Waals surface area contributed by atoms with Gasteiger partial charge in [-0.1, -0.05) is 25.7 Å². The van der Waals surface area contributed by atoms with E-state index in [-0.39, 0.29) is 24.9 Å². The van der Waals surface area contributed by atoms with Crippen LogP contribution in [0.25, 0.3) is 0 Å². The number of amides is 1. The molecule has 0 radical (unpaired) electrons. The lowest BCUT2D eigenvalue weighted by Gasteiger charge is -2.38. The first-order valence-electron chi connectivity index (χ1n) is 7.66. The number of aliphatic carboxylic acids is 1. The normalized spacial score (nSPS) is 18.6. The molecule has 0 aromatic heterocycles. The SMILES string of the molecule is CC(C)N(CCC(=O)O)C(=O)C1(CN)CCCCCC1. The quantitative estimate of drug-likeness (QED) is 0.731. The Bertz CT molecular complexity index is 334. The molecule has 0 aliphatic heterocycles. The van der Waals surface area contributed by atoms with Gasteiger partial charge in [0.25, 0.3) is 0 Å². The zero-order chi connectivity index (χ0) is 15.2. The van der Waals surface area contributed by atoms with Gasteiger partial charge in [-0.05, 0) is 26.7 Å². The molecule has 1 aliphatic rings. The van der Waals surface area contributed by atoms with Crippen molar-refractivity contribution in [3.8, 4) is 0 Å². The highest BCUT2D eigenvalue weighted by Gasteiger charge is 2.40. The number of carboxylic acids is 1. The summed E-state index contributed by atoms with van der Waals surface area (Å²) >= 11 is 0. The number of nitrogens with two attached hydrogens (primary N) is 1. The van der Waals surface area contributed by atoms with Gasteiger partial charge in [-0.15, -0.1) is 0 Å². The molecule has 5 heteroatoms. The highest BCUT2D eigenvalue weighted by molar-refractivity contribution is 5.83. The van der Waals surface area contributed by atoms with Crippen LogP contribution in [0.1, 0.15) is 58.8 Å². The monoisotopic (exact) mass is 284 g/mol. The van der Waals surface area contributed by atoms with Gasteiger partial charge in [0.05, 0.1) is 11.8 Å². The fraction of sp³-hybridized carbons (Fsp3) is 0.867. The van der Waals surface area contributed by atoms with Crippen LogP contribution >= 0.6 is 0 Å². The predicted octanol–water partition coefficient (Wildman–Crippen LogP) is 2.00. The summed E-state index contributed by atoms with van der Waals surface area (Å²) in [4.78, 5) is 25.4. The minimum absolute atomic E-state index is 0.00790. The maximum absolute atomic E-state index is 12.9. The zero-order valence-electron chi connectivity index (χ0n) is 12.7. The standard InChI is InChI=1S/C15H28N2O3/c1-12(2)17(10-7-13(18)19)14(20)15(11-16)8-5-3-4-6-9-15/h12H,3-11,16H2,1-2H3,(H,18,19). The molecule has 0 aromatic rings. The van der Waals surface area contributed by atoms with Gasteiger partial charge in [-0.2, -0.15) is 0 Å². The van der Waals surface area contributed by atoms with Crippen molar-refractivity contribution in [3.05, 3.63) is 0 Å². The van der Waals surface area contributed by atoms with E-state index in [4.69, 9.17) is 10.8 Å². The number of hydrogen-bond donors (Lipinski definition) is 2. The zero-order valence-corrected chi connectivity index (χ0v) is 12.7. The molecule has 116 valence electrons. The van der Waals surface area contributed by atoms with Gasteiger partial charge in [-0.25, -0.2) is 0 Å².